The average molecular weight is 409 g/mol. The summed E-state index contributed by atoms with van der Waals surface area (Å²) in [7, 11) is 0. The van der Waals surface area contributed by atoms with Crippen LogP contribution < -0.4 is 9.80 Å². The Balaban J connectivity index is 1.79. The van der Waals surface area contributed by atoms with Crippen LogP contribution in [0.25, 0.3) is 0 Å². The molecule has 148 valence electrons. The number of H-pyrrole nitrogens is 1. The van der Waals surface area contributed by atoms with Crippen molar-refractivity contribution in [2.24, 2.45) is 0 Å². The number of hydrogen-bond donors (Lipinski definition) is 1. The second-order valence-electron chi connectivity index (χ2n) is 7.14. The van der Waals surface area contributed by atoms with Crippen molar-refractivity contribution in [3.63, 3.8) is 0 Å². The first-order chi connectivity index (χ1) is 14.0. The molecule has 0 saturated carbocycles. The number of para-hydroxylation sites is 1. The molecule has 0 radical (unpaired) electrons. The number of imidazole rings is 1. The van der Waals surface area contributed by atoms with E-state index in [0.717, 1.165) is 16.9 Å². The van der Waals surface area contributed by atoms with Crippen molar-refractivity contribution in [2.75, 3.05) is 9.80 Å². The van der Waals surface area contributed by atoms with Crippen LogP contribution >= 0.6 is 11.6 Å². The van der Waals surface area contributed by atoms with Crippen LogP contribution in [0.3, 0.4) is 0 Å². The van der Waals surface area contributed by atoms with Gasteiger partial charge >= 0.3 is 0 Å². The van der Waals surface area contributed by atoms with Gasteiger partial charge in [-0.25, -0.2) is 4.98 Å². The fourth-order valence-corrected chi connectivity index (χ4v) is 4.14. The average Bonchev–Trinajstić information content (AvgIpc) is 3.24. The zero-order valence-electron chi connectivity index (χ0n) is 16.2. The van der Waals surface area contributed by atoms with E-state index in [4.69, 9.17) is 11.6 Å². The Kier molecular flexibility index (Phi) is 5.11. The van der Waals surface area contributed by atoms with Gasteiger partial charge in [0, 0.05) is 41.8 Å². The molecule has 6 nitrogen and oxygen atoms in total. The standard InChI is InChI=1S/C22H21ClN4O2/c1-14-13-20(27(15(2)28)17-9-7-16(23)8-10-17)18-5-3-4-6-19(18)26(14)22(29)21-24-11-12-25-21/h3-12,14,20H,13H2,1-2H3,(H,24,25)/t14-,20+/m0/s1. The van der Waals surface area contributed by atoms with E-state index in [0.29, 0.717) is 17.3 Å². The van der Waals surface area contributed by atoms with E-state index < -0.39 is 0 Å². The summed E-state index contributed by atoms with van der Waals surface area (Å²) in [5.41, 5.74) is 2.49. The minimum Gasteiger partial charge on any atom is -0.341 e. The number of amides is 2. The Bertz CT molecular complexity index is 1030. The topological polar surface area (TPSA) is 69.3 Å². The van der Waals surface area contributed by atoms with E-state index in [-0.39, 0.29) is 23.9 Å². The maximum absolute atomic E-state index is 13.1. The van der Waals surface area contributed by atoms with Gasteiger partial charge in [0.2, 0.25) is 5.91 Å². The summed E-state index contributed by atoms with van der Waals surface area (Å²) in [5.74, 6) is 0.0469. The van der Waals surface area contributed by atoms with Crippen molar-refractivity contribution >= 4 is 34.8 Å². The first-order valence-corrected chi connectivity index (χ1v) is 9.82. The summed E-state index contributed by atoms with van der Waals surface area (Å²) in [6.07, 6.45) is 3.80. The molecule has 7 heteroatoms. The monoisotopic (exact) mass is 408 g/mol. The molecule has 1 aliphatic heterocycles. The Labute approximate surface area is 174 Å². The fourth-order valence-electron chi connectivity index (χ4n) is 4.01. The molecular weight excluding hydrogens is 388 g/mol. The van der Waals surface area contributed by atoms with Gasteiger partial charge in [0.05, 0.1) is 6.04 Å². The van der Waals surface area contributed by atoms with Crippen LogP contribution in [0.4, 0.5) is 11.4 Å². The van der Waals surface area contributed by atoms with Crippen molar-refractivity contribution in [3.05, 3.63) is 77.3 Å². The summed E-state index contributed by atoms with van der Waals surface area (Å²) in [6.45, 7) is 3.55. The fraction of sp³-hybridized carbons (Fsp3) is 0.227. The summed E-state index contributed by atoms with van der Waals surface area (Å²) < 4.78 is 0. The molecule has 0 spiro atoms. The van der Waals surface area contributed by atoms with E-state index in [1.165, 1.54) is 0 Å². The van der Waals surface area contributed by atoms with Crippen LogP contribution in [0, 0.1) is 0 Å². The summed E-state index contributed by atoms with van der Waals surface area (Å²) in [5, 5.41) is 0.616. The van der Waals surface area contributed by atoms with Crippen LogP contribution in [0.15, 0.2) is 60.9 Å². The quantitative estimate of drug-likeness (QED) is 0.688. The number of carbonyl (C=O) groups is 2. The van der Waals surface area contributed by atoms with Crippen molar-refractivity contribution in [1.29, 1.82) is 0 Å². The molecule has 0 aliphatic carbocycles. The van der Waals surface area contributed by atoms with Gasteiger partial charge in [0.25, 0.3) is 5.91 Å². The molecule has 2 aromatic carbocycles. The molecule has 0 fully saturated rings. The van der Waals surface area contributed by atoms with Crippen molar-refractivity contribution in [2.45, 2.75) is 32.4 Å². The maximum atomic E-state index is 13.1. The molecule has 1 aliphatic rings. The van der Waals surface area contributed by atoms with Gasteiger partial charge in [-0.15, -0.1) is 0 Å². The zero-order valence-corrected chi connectivity index (χ0v) is 16.9. The summed E-state index contributed by atoms with van der Waals surface area (Å²) >= 11 is 6.03. The van der Waals surface area contributed by atoms with E-state index >= 15 is 0 Å². The third-order valence-corrected chi connectivity index (χ3v) is 5.49. The molecule has 0 bridgehead atoms. The summed E-state index contributed by atoms with van der Waals surface area (Å²) in [6, 6.07) is 14.6. The van der Waals surface area contributed by atoms with Crippen LogP contribution in [0.5, 0.6) is 0 Å². The number of fused-ring (bicyclic) bond motifs is 1. The number of anilines is 2. The van der Waals surface area contributed by atoms with Gasteiger partial charge in [0.15, 0.2) is 5.82 Å². The molecule has 2 amide bonds. The molecule has 4 rings (SSSR count). The molecular formula is C22H21ClN4O2. The van der Waals surface area contributed by atoms with E-state index in [2.05, 4.69) is 9.97 Å². The van der Waals surface area contributed by atoms with Gasteiger partial charge in [-0.2, -0.15) is 0 Å². The lowest BCUT2D eigenvalue weighted by atomic mass is 9.89. The third kappa shape index (κ3) is 3.51. The highest BCUT2D eigenvalue weighted by atomic mass is 35.5. The highest BCUT2D eigenvalue weighted by molar-refractivity contribution is 6.30. The highest BCUT2D eigenvalue weighted by Crippen LogP contribution is 2.42. The lowest BCUT2D eigenvalue weighted by Crippen LogP contribution is -2.47. The second-order valence-corrected chi connectivity index (χ2v) is 7.57. The molecule has 29 heavy (non-hydrogen) atoms. The normalized spacial score (nSPS) is 18.2. The number of nitrogens with one attached hydrogen (secondary N) is 1. The lowest BCUT2D eigenvalue weighted by Gasteiger charge is -2.43. The van der Waals surface area contributed by atoms with Crippen molar-refractivity contribution in [3.8, 4) is 0 Å². The number of halogens is 1. The zero-order chi connectivity index (χ0) is 20.5. The number of benzene rings is 2. The van der Waals surface area contributed by atoms with Crippen LogP contribution in [-0.2, 0) is 4.79 Å². The van der Waals surface area contributed by atoms with Gasteiger partial charge in [0.1, 0.15) is 0 Å². The highest BCUT2D eigenvalue weighted by Gasteiger charge is 2.38. The van der Waals surface area contributed by atoms with Gasteiger partial charge in [-0.05, 0) is 49.2 Å². The van der Waals surface area contributed by atoms with Crippen LogP contribution in [-0.4, -0.2) is 27.8 Å². The van der Waals surface area contributed by atoms with Gasteiger partial charge < -0.3 is 14.8 Å². The van der Waals surface area contributed by atoms with Crippen LogP contribution in [0.2, 0.25) is 5.02 Å². The Morgan fingerprint density at radius 1 is 1.17 bits per heavy atom. The second kappa shape index (κ2) is 7.72. The smallest absolute Gasteiger partial charge is 0.294 e. The lowest BCUT2D eigenvalue weighted by molar-refractivity contribution is -0.117. The Morgan fingerprint density at radius 2 is 1.90 bits per heavy atom. The van der Waals surface area contributed by atoms with E-state index in [1.807, 2.05) is 43.3 Å². The first-order valence-electron chi connectivity index (χ1n) is 9.44. The molecule has 2 atom stereocenters. The van der Waals surface area contributed by atoms with E-state index in [1.54, 1.807) is 41.2 Å². The number of nitrogens with zero attached hydrogens (tertiary/aromatic N) is 3. The Hall–Kier alpha value is -3.12. The molecule has 0 saturated heterocycles. The molecule has 2 heterocycles. The molecule has 0 unspecified atom stereocenters. The minimum absolute atomic E-state index is 0.0647. The van der Waals surface area contributed by atoms with Gasteiger partial charge in [-0.1, -0.05) is 29.8 Å². The molecule has 1 N–H and O–H groups in total. The number of rotatable bonds is 3. The number of aromatic nitrogens is 2. The SMILES string of the molecule is CC(=O)N(c1ccc(Cl)cc1)[C@@H]1C[C@H](C)N(C(=O)c2ncc[nH]2)c2ccccc21. The number of aromatic amines is 1. The third-order valence-electron chi connectivity index (χ3n) is 5.24. The van der Waals surface area contributed by atoms with Crippen LogP contribution in [0.1, 0.15) is 42.5 Å². The van der Waals surface area contributed by atoms with Crippen molar-refractivity contribution in [1.82, 2.24) is 9.97 Å². The first kappa shape index (κ1) is 19.2. The number of carbonyl (C=O) groups excluding carboxylic acids is 2. The van der Waals surface area contributed by atoms with Crippen molar-refractivity contribution < 1.29 is 9.59 Å². The number of hydrogen-bond acceptors (Lipinski definition) is 3. The largest absolute Gasteiger partial charge is 0.341 e. The Morgan fingerprint density at radius 3 is 2.55 bits per heavy atom. The summed E-state index contributed by atoms with van der Waals surface area (Å²) in [4.78, 5) is 36.3. The maximum Gasteiger partial charge on any atom is 0.294 e. The molecule has 1 aromatic heterocycles. The molecule has 3 aromatic rings. The minimum atomic E-state index is -0.194. The predicted octanol–water partition coefficient (Wildman–Crippen LogP) is 4.60. The van der Waals surface area contributed by atoms with E-state index in [9.17, 15) is 9.59 Å². The van der Waals surface area contributed by atoms with Gasteiger partial charge in [-0.3, -0.25) is 9.59 Å². The predicted molar refractivity (Wildman–Crippen MR) is 113 cm³/mol.